The van der Waals surface area contributed by atoms with Crippen molar-refractivity contribution in [2.75, 3.05) is 4.90 Å². The van der Waals surface area contributed by atoms with Crippen LogP contribution in [0.25, 0.3) is 39.6 Å². The van der Waals surface area contributed by atoms with E-state index in [1.807, 2.05) is 0 Å². The van der Waals surface area contributed by atoms with Gasteiger partial charge in [-0.25, -0.2) is 0 Å². The van der Waals surface area contributed by atoms with Gasteiger partial charge in [0.2, 0.25) is 0 Å². The minimum atomic E-state index is 1.15. The molecule has 5 aromatic carbocycles. The summed E-state index contributed by atoms with van der Waals surface area (Å²) in [6, 6.07) is 43.4. The summed E-state index contributed by atoms with van der Waals surface area (Å²) in [5, 5.41) is 2.56. The number of rotatable bonds is 2. The molecule has 0 saturated heterocycles. The van der Waals surface area contributed by atoms with Gasteiger partial charge in [-0.15, -0.1) is 0 Å². The third-order valence-electron chi connectivity index (χ3n) is 6.74. The lowest BCUT2D eigenvalue weighted by Gasteiger charge is -2.27. The first kappa shape index (κ1) is 19.0. The van der Waals surface area contributed by atoms with E-state index in [1.165, 1.54) is 44.3 Å². The van der Waals surface area contributed by atoms with Gasteiger partial charge in [-0.05, 0) is 59.7 Å². The van der Waals surface area contributed by atoms with Gasteiger partial charge in [0.25, 0.3) is 0 Å². The number of benzene rings is 5. The van der Waals surface area contributed by atoms with Crippen LogP contribution in [0.3, 0.4) is 0 Å². The van der Waals surface area contributed by atoms with E-state index in [-0.39, 0.29) is 0 Å². The number of nitrogens with zero attached hydrogens (tertiary/aromatic N) is 2. The first-order valence-corrected chi connectivity index (χ1v) is 11.6. The van der Waals surface area contributed by atoms with E-state index in [0.717, 1.165) is 11.4 Å². The van der Waals surface area contributed by atoms with Crippen LogP contribution in [0.5, 0.6) is 0 Å². The molecule has 0 bridgehead atoms. The molecule has 0 atom stereocenters. The third-order valence-corrected chi connectivity index (χ3v) is 6.74. The third kappa shape index (κ3) is 2.82. The Kier molecular flexibility index (Phi) is 4.18. The van der Waals surface area contributed by atoms with Gasteiger partial charge in [-0.2, -0.15) is 0 Å². The molecule has 2 heterocycles. The molecule has 0 radical (unpaired) electrons. The Morgan fingerprint density at radius 3 is 1.38 bits per heavy atom. The van der Waals surface area contributed by atoms with E-state index < -0.39 is 0 Å². The summed E-state index contributed by atoms with van der Waals surface area (Å²) in [7, 11) is 0. The molecule has 2 nitrogen and oxygen atoms in total. The molecule has 0 spiro atoms. The van der Waals surface area contributed by atoms with Gasteiger partial charge in [-0.1, -0.05) is 84.9 Å². The topological polar surface area (TPSA) is 8.17 Å². The van der Waals surface area contributed by atoms with Crippen molar-refractivity contribution in [2.45, 2.75) is 0 Å². The van der Waals surface area contributed by atoms with E-state index >= 15 is 0 Å². The molecule has 0 saturated carbocycles. The number of hydrogen-bond donors (Lipinski definition) is 0. The monoisotopic (exact) mass is 434 g/mol. The second-order valence-corrected chi connectivity index (χ2v) is 8.67. The standard InChI is InChI=1S/C32H22N2/c1-5-13-29-23(9-1)17-18-24-10-2-6-14-30(24)33(29)25-19-21-26(22-20-25)34-31-15-7-3-11-27(31)28-12-4-8-16-32(28)34/h1-22H. The Morgan fingerprint density at radius 2 is 0.824 bits per heavy atom. The molecule has 0 N–H and O–H groups in total. The van der Waals surface area contributed by atoms with Gasteiger partial charge < -0.3 is 9.47 Å². The molecule has 2 heteroatoms. The predicted octanol–water partition coefficient (Wildman–Crippen LogP) is 8.74. The molecule has 1 aromatic heterocycles. The van der Waals surface area contributed by atoms with E-state index in [9.17, 15) is 0 Å². The summed E-state index contributed by atoms with van der Waals surface area (Å²) in [6.07, 6.45) is 4.42. The zero-order chi connectivity index (χ0) is 22.5. The van der Waals surface area contributed by atoms with Crippen molar-refractivity contribution in [2.24, 2.45) is 0 Å². The van der Waals surface area contributed by atoms with Crippen LogP contribution in [0.4, 0.5) is 17.1 Å². The van der Waals surface area contributed by atoms with Crippen LogP contribution >= 0.6 is 0 Å². The maximum absolute atomic E-state index is 2.36. The highest BCUT2D eigenvalue weighted by Crippen LogP contribution is 2.42. The zero-order valence-corrected chi connectivity index (χ0v) is 18.6. The Hall–Kier alpha value is -4.56. The molecule has 0 aliphatic carbocycles. The fourth-order valence-corrected chi connectivity index (χ4v) is 5.20. The predicted molar refractivity (Wildman–Crippen MR) is 144 cm³/mol. The van der Waals surface area contributed by atoms with Crippen LogP contribution in [0.15, 0.2) is 121 Å². The van der Waals surface area contributed by atoms with E-state index in [2.05, 4.69) is 143 Å². The Labute approximate surface area is 198 Å². The number of anilines is 3. The Balaban J connectivity index is 1.41. The highest BCUT2D eigenvalue weighted by atomic mass is 15.1. The second-order valence-electron chi connectivity index (χ2n) is 8.67. The summed E-state index contributed by atoms with van der Waals surface area (Å²) in [6.45, 7) is 0. The van der Waals surface area contributed by atoms with Gasteiger partial charge in [0.05, 0.1) is 22.4 Å². The lowest BCUT2D eigenvalue weighted by Crippen LogP contribution is -2.11. The molecule has 6 aromatic rings. The molecule has 160 valence electrons. The molecule has 1 aliphatic rings. The van der Waals surface area contributed by atoms with Crippen molar-refractivity contribution in [1.82, 2.24) is 4.57 Å². The van der Waals surface area contributed by atoms with Crippen molar-refractivity contribution >= 4 is 51.0 Å². The van der Waals surface area contributed by atoms with Gasteiger partial charge in [0.1, 0.15) is 0 Å². The van der Waals surface area contributed by atoms with Gasteiger partial charge in [-0.3, -0.25) is 0 Å². The highest BCUT2D eigenvalue weighted by molar-refractivity contribution is 6.09. The summed E-state index contributed by atoms with van der Waals surface area (Å²) >= 11 is 0. The van der Waals surface area contributed by atoms with Gasteiger partial charge in [0, 0.05) is 22.1 Å². The lowest BCUT2D eigenvalue weighted by atomic mass is 10.1. The molecule has 7 rings (SSSR count). The van der Waals surface area contributed by atoms with Crippen molar-refractivity contribution in [3.05, 3.63) is 132 Å². The number of fused-ring (bicyclic) bond motifs is 5. The van der Waals surface area contributed by atoms with Gasteiger partial charge in [0.15, 0.2) is 0 Å². The van der Waals surface area contributed by atoms with Crippen molar-refractivity contribution < 1.29 is 0 Å². The zero-order valence-electron chi connectivity index (χ0n) is 18.6. The van der Waals surface area contributed by atoms with Crippen molar-refractivity contribution in [1.29, 1.82) is 0 Å². The van der Waals surface area contributed by atoms with Crippen LogP contribution in [-0.2, 0) is 0 Å². The fourth-order valence-electron chi connectivity index (χ4n) is 5.20. The first-order chi connectivity index (χ1) is 16.9. The minimum absolute atomic E-state index is 1.15. The van der Waals surface area contributed by atoms with E-state index in [0.29, 0.717) is 0 Å². The first-order valence-electron chi connectivity index (χ1n) is 11.6. The summed E-state index contributed by atoms with van der Waals surface area (Å²) in [5.41, 5.74) is 9.57. The van der Waals surface area contributed by atoms with Crippen LogP contribution in [0.1, 0.15) is 11.1 Å². The molecule has 0 amide bonds. The molecular weight excluding hydrogens is 412 g/mol. The van der Waals surface area contributed by atoms with Crippen molar-refractivity contribution in [3.8, 4) is 5.69 Å². The largest absolute Gasteiger partial charge is 0.309 e. The maximum Gasteiger partial charge on any atom is 0.0541 e. The summed E-state index contributed by atoms with van der Waals surface area (Å²) < 4.78 is 2.36. The lowest BCUT2D eigenvalue weighted by molar-refractivity contribution is 1.17. The molecule has 0 fully saturated rings. The quantitative estimate of drug-likeness (QED) is 0.264. The average Bonchev–Trinajstić information content (AvgIpc) is 3.14. The fraction of sp³-hybridized carbons (Fsp3) is 0. The molecule has 1 aliphatic heterocycles. The van der Waals surface area contributed by atoms with E-state index in [4.69, 9.17) is 0 Å². The number of hydrogen-bond acceptors (Lipinski definition) is 1. The average molecular weight is 435 g/mol. The Bertz CT molecular complexity index is 1600. The Morgan fingerprint density at radius 1 is 0.382 bits per heavy atom. The summed E-state index contributed by atoms with van der Waals surface area (Å²) in [5.74, 6) is 0. The maximum atomic E-state index is 2.36. The van der Waals surface area contributed by atoms with Crippen LogP contribution in [0.2, 0.25) is 0 Å². The second kappa shape index (κ2) is 7.50. The number of aromatic nitrogens is 1. The SMILES string of the molecule is C1=Cc2ccccc2N(c2ccc(-n3c4ccccc4c4ccccc43)cc2)c2ccccc21. The van der Waals surface area contributed by atoms with E-state index in [1.54, 1.807) is 0 Å². The smallest absolute Gasteiger partial charge is 0.0541 e. The van der Waals surface area contributed by atoms with Crippen LogP contribution in [-0.4, -0.2) is 4.57 Å². The van der Waals surface area contributed by atoms with Crippen LogP contribution < -0.4 is 4.90 Å². The molecule has 0 unspecified atom stereocenters. The van der Waals surface area contributed by atoms with Crippen molar-refractivity contribution in [3.63, 3.8) is 0 Å². The molecule has 34 heavy (non-hydrogen) atoms. The van der Waals surface area contributed by atoms with Gasteiger partial charge >= 0.3 is 0 Å². The van der Waals surface area contributed by atoms with Crippen LogP contribution in [0, 0.1) is 0 Å². The summed E-state index contributed by atoms with van der Waals surface area (Å²) in [4.78, 5) is 2.36. The molecular formula is C32H22N2. The highest BCUT2D eigenvalue weighted by Gasteiger charge is 2.19. The minimum Gasteiger partial charge on any atom is -0.309 e. The number of para-hydroxylation sites is 4. The normalized spacial score (nSPS) is 12.5.